The van der Waals surface area contributed by atoms with E-state index in [9.17, 15) is 14.4 Å². The molecule has 2 N–H and O–H groups in total. The number of ether oxygens (including phenoxy) is 1. The minimum atomic E-state index is -0.646. The van der Waals surface area contributed by atoms with Crippen molar-refractivity contribution in [1.82, 2.24) is 15.5 Å². The number of cyclic esters (lactones) is 1. The molecule has 1 saturated heterocycles. The molecule has 142 valence electrons. The van der Waals surface area contributed by atoms with Crippen molar-refractivity contribution in [1.29, 1.82) is 0 Å². The van der Waals surface area contributed by atoms with Gasteiger partial charge in [-0.1, -0.05) is 37.6 Å². The van der Waals surface area contributed by atoms with Crippen molar-refractivity contribution >= 4 is 29.5 Å². The third-order valence-electron chi connectivity index (χ3n) is 5.15. The molecule has 0 aliphatic carbocycles. The lowest BCUT2D eigenvalue weighted by Gasteiger charge is -2.47. The number of imide groups is 1. The Hall–Kier alpha value is -2.54. The zero-order chi connectivity index (χ0) is 19.3. The maximum atomic E-state index is 12.8. The van der Waals surface area contributed by atoms with Crippen LogP contribution in [0.15, 0.2) is 35.5 Å². The van der Waals surface area contributed by atoms with Gasteiger partial charge in [0, 0.05) is 17.5 Å². The maximum Gasteiger partial charge on any atom is 0.336 e. The highest BCUT2D eigenvalue weighted by Gasteiger charge is 2.53. The first kappa shape index (κ1) is 17.9. The summed E-state index contributed by atoms with van der Waals surface area (Å²) < 4.78 is 5.22. The predicted molar refractivity (Wildman–Crippen MR) is 97.7 cm³/mol. The van der Waals surface area contributed by atoms with E-state index in [1.165, 1.54) is 0 Å². The molecule has 3 heterocycles. The molecule has 7 nitrogen and oxygen atoms in total. The number of nitrogens with one attached hydrogen (secondary N) is 2. The van der Waals surface area contributed by atoms with Crippen molar-refractivity contribution in [2.45, 2.75) is 25.9 Å². The first-order valence-corrected chi connectivity index (χ1v) is 9.28. The van der Waals surface area contributed by atoms with Crippen molar-refractivity contribution in [3.05, 3.63) is 46.1 Å². The van der Waals surface area contributed by atoms with Crippen molar-refractivity contribution < 1.29 is 19.1 Å². The van der Waals surface area contributed by atoms with Crippen LogP contribution in [0.3, 0.4) is 0 Å². The van der Waals surface area contributed by atoms with Crippen LogP contribution >= 0.6 is 11.6 Å². The second-order valence-electron chi connectivity index (χ2n) is 7.45. The van der Waals surface area contributed by atoms with Gasteiger partial charge < -0.3 is 15.0 Å². The number of fused-ring (bicyclic) bond motifs is 1. The molecule has 0 aromatic heterocycles. The largest absolute Gasteiger partial charge is 0.456 e. The van der Waals surface area contributed by atoms with Crippen LogP contribution in [0.25, 0.3) is 0 Å². The number of hydrogen-bond donors (Lipinski definition) is 2. The van der Waals surface area contributed by atoms with Crippen LogP contribution in [-0.4, -0.2) is 42.1 Å². The monoisotopic (exact) mass is 389 g/mol. The Morgan fingerprint density at radius 1 is 1.22 bits per heavy atom. The second-order valence-corrected chi connectivity index (χ2v) is 7.89. The van der Waals surface area contributed by atoms with Gasteiger partial charge in [0.25, 0.3) is 0 Å². The summed E-state index contributed by atoms with van der Waals surface area (Å²) in [4.78, 5) is 39.3. The number of benzene rings is 1. The number of hydrogen-bond acceptors (Lipinski definition) is 5. The Morgan fingerprint density at radius 3 is 2.59 bits per heavy atom. The summed E-state index contributed by atoms with van der Waals surface area (Å²) in [5.41, 5.74) is 1.88. The Bertz CT molecular complexity index is 849. The molecule has 0 spiro atoms. The second kappa shape index (κ2) is 6.56. The van der Waals surface area contributed by atoms with E-state index >= 15 is 0 Å². The number of rotatable bonds is 3. The van der Waals surface area contributed by atoms with Crippen LogP contribution in [0.5, 0.6) is 0 Å². The summed E-state index contributed by atoms with van der Waals surface area (Å²) >= 11 is 6.01. The maximum absolute atomic E-state index is 12.8. The minimum Gasteiger partial charge on any atom is -0.456 e. The zero-order valence-electron chi connectivity index (χ0n) is 15.0. The van der Waals surface area contributed by atoms with E-state index in [2.05, 4.69) is 10.6 Å². The van der Waals surface area contributed by atoms with Gasteiger partial charge in [-0.2, -0.15) is 0 Å². The van der Waals surface area contributed by atoms with E-state index in [0.717, 1.165) is 5.56 Å². The Labute approximate surface area is 161 Å². The van der Waals surface area contributed by atoms with Crippen molar-refractivity contribution in [2.75, 3.05) is 13.2 Å². The Balaban J connectivity index is 1.83. The van der Waals surface area contributed by atoms with Crippen LogP contribution in [-0.2, 0) is 14.3 Å². The molecule has 0 bridgehead atoms. The first-order valence-electron chi connectivity index (χ1n) is 8.90. The lowest BCUT2D eigenvalue weighted by atomic mass is 9.74. The zero-order valence-corrected chi connectivity index (χ0v) is 15.7. The average molecular weight is 390 g/mol. The van der Waals surface area contributed by atoms with E-state index in [1.807, 2.05) is 26.0 Å². The summed E-state index contributed by atoms with van der Waals surface area (Å²) in [6.07, 6.45) is -0.539. The number of halogens is 1. The number of carbonyl (C=O) groups excluding carboxylic acids is 3. The number of esters is 1. The van der Waals surface area contributed by atoms with E-state index in [0.29, 0.717) is 22.8 Å². The van der Waals surface area contributed by atoms with Gasteiger partial charge in [0.2, 0.25) is 5.91 Å². The molecule has 3 amide bonds. The van der Waals surface area contributed by atoms with E-state index in [4.69, 9.17) is 16.3 Å². The topological polar surface area (TPSA) is 87.7 Å². The van der Waals surface area contributed by atoms with Crippen molar-refractivity contribution in [2.24, 2.45) is 11.8 Å². The molecule has 4 rings (SSSR count). The van der Waals surface area contributed by atoms with Crippen LogP contribution in [0, 0.1) is 11.8 Å². The van der Waals surface area contributed by atoms with Crippen molar-refractivity contribution in [3.63, 3.8) is 0 Å². The lowest BCUT2D eigenvalue weighted by molar-refractivity contribution is -0.136. The summed E-state index contributed by atoms with van der Waals surface area (Å²) in [5.74, 6) is -1.77. The minimum absolute atomic E-state index is 0.118. The smallest absolute Gasteiger partial charge is 0.336 e. The van der Waals surface area contributed by atoms with E-state index in [-0.39, 0.29) is 12.5 Å². The molecule has 1 fully saturated rings. The number of urea groups is 1. The number of nitrogens with zero attached hydrogens (tertiary/aromatic N) is 1. The molecule has 8 heteroatoms. The molecule has 0 saturated carbocycles. The first-order chi connectivity index (χ1) is 12.9. The molecule has 3 unspecified atom stereocenters. The van der Waals surface area contributed by atoms with Crippen LogP contribution in [0.1, 0.15) is 25.3 Å². The fraction of sp³-hybridized carbons (Fsp3) is 0.421. The highest BCUT2D eigenvalue weighted by atomic mass is 35.5. The van der Waals surface area contributed by atoms with Gasteiger partial charge in [-0.25, -0.2) is 9.59 Å². The lowest BCUT2D eigenvalue weighted by Crippen LogP contribution is -2.68. The molecular formula is C19H20ClN3O4. The van der Waals surface area contributed by atoms with Gasteiger partial charge in [-0.05, 0) is 23.6 Å². The molecule has 3 aliphatic heterocycles. The fourth-order valence-corrected chi connectivity index (χ4v) is 4.19. The predicted octanol–water partition coefficient (Wildman–Crippen LogP) is 1.99. The highest BCUT2D eigenvalue weighted by Crippen LogP contribution is 2.44. The molecule has 1 aromatic rings. The third-order valence-corrected chi connectivity index (χ3v) is 5.40. The third kappa shape index (κ3) is 2.96. The number of carbonyl (C=O) groups is 3. The fourth-order valence-electron chi connectivity index (χ4n) is 4.07. The summed E-state index contributed by atoms with van der Waals surface area (Å²) in [6, 6.07) is 6.65. The molecule has 0 radical (unpaired) electrons. The van der Waals surface area contributed by atoms with Crippen LogP contribution in [0.4, 0.5) is 4.79 Å². The molecule has 3 atom stereocenters. The quantitative estimate of drug-likeness (QED) is 0.772. The standard InChI is InChI=1S/C19H20ClN3O4/c1-9(2)7-23-16-15(17(24)22-19(23)26)13(10-3-5-11(20)6-4-10)14-12(21-16)8-27-18(14)25/h3-6,9,13,15-16,21H,7-8H2,1-2H3,(H,22,24,26). The molecule has 27 heavy (non-hydrogen) atoms. The average Bonchev–Trinajstić information content (AvgIpc) is 2.98. The summed E-state index contributed by atoms with van der Waals surface area (Å²) in [7, 11) is 0. The van der Waals surface area contributed by atoms with E-state index < -0.39 is 35.9 Å². The highest BCUT2D eigenvalue weighted by molar-refractivity contribution is 6.30. The number of amides is 3. The summed E-state index contributed by atoms with van der Waals surface area (Å²) in [6.45, 7) is 4.61. The molecular weight excluding hydrogens is 370 g/mol. The van der Waals surface area contributed by atoms with Gasteiger partial charge in [0.15, 0.2) is 0 Å². The summed E-state index contributed by atoms with van der Waals surface area (Å²) in [5, 5.41) is 6.24. The normalized spacial score (nSPS) is 27.2. The van der Waals surface area contributed by atoms with Gasteiger partial charge in [-0.3, -0.25) is 10.1 Å². The molecule has 1 aromatic carbocycles. The SMILES string of the molecule is CC(C)CN1C(=O)NC(=O)C2C(c3ccc(Cl)cc3)C3=C(COC3=O)NC21. The Morgan fingerprint density at radius 2 is 1.93 bits per heavy atom. The Kier molecular flexibility index (Phi) is 4.34. The van der Waals surface area contributed by atoms with E-state index in [1.54, 1.807) is 17.0 Å². The van der Waals surface area contributed by atoms with Crippen molar-refractivity contribution in [3.8, 4) is 0 Å². The molecule has 3 aliphatic rings. The van der Waals surface area contributed by atoms with Gasteiger partial charge in [0.05, 0.1) is 17.2 Å². The van der Waals surface area contributed by atoms with Gasteiger partial charge >= 0.3 is 12.0 Å². The van der Waals surface area contributed by atoms with Gasteiger partial charge in [-0.15, -0.1) is 0 Å². The van der Waals surface area contributed by atoms with Gasteiger partial charge in [0.1, 0.15) is 12.8 Å². The van der Waals surface area contributed by atoms with Crippen LogP contribution < -0.4 is 10.6 Å². The van der Waals surface area contributed by atoms with Crippen LogP contribution in [0.2, 0.25) is 5.02 Å².